The number of phosphoric ester groups is 3. The molecule has 414 valence electrons. The highest BCUT2D eigenvalue weighted by molar-refractivity contribution is 7.66. The van der Waals surface area contributed by atoms with Gasteiger partial charge >= 0.3 is 34.8 Å². The van der Waals surface area contributed by atoms with Crippen LogP contribution in [0.15, 0.2) is 45.6 Å². The fourth-order valence-corrected chi connectivity index (χ4v) is 12.9. The van der Waals surface area contributed by atoms with Gasteiger partial charge in [-0.2, -0.15) is 8.62 Å². The lowest BCUT2D eigenvalue weighted by Crippen LogP contribution is -2.45. The Morgan fingerprint density at radius 3 is 2.15 bits per heavy atom. The van der Waals surface area contributed by atoms with Gasteiger partial charge in [0.15, 0.2) is 30.2 Å². The molecule has 41 heteroatoms. The summed E-state index contributed by atoms with van der Waals surface area (Å²) in [5.74, 6) is -1.07. The van der Waals surface area contributed by atoms with Gasteiger partial charge in [0.05, 0.1) is 45.9 Å². The Bertz CT molecular complexity index is 3280. The molecule has 0 spiro atoms. The second kappa shape index (κ2) is 22.0. The van der Waals surface area contributed by atoms with Gasteiger partial charge in [-0.05, 0) is 0 Å². The van der Waals surface area contributed by atoms with Gasteiger partial charge in [0.1, 0.15) is 54.6 Å². The number of ether oxygens (including phenoxy) is 5. The van der Waals surface area contributed by atoms with E-state index in [0.29, 0.717) is 0 Å². The number of nitrogen functional groups attached to an aromatic ring is 1. The molecular formula is C34H48N12O25P4. The molecule has 4 unspecified atom stereocenters. The molecule has 0 radical (unpaired) electrons. The van der Waals surface area contributed by atoms with Crippen LogP contribution in [0.1, 0.15) is 18.7 Å². The SMILES string of the molecule is CNc1ncnc2c1ncn2[C@@H]1O[C@H](COP(=O)(O)OP(=O)(O)OP(=O)(O)OC[C@H]2O[C@@H]([n+]3cn(C)c4c(=O)[nH]c(N)nc43)[C@H](O)[C@@H]2COC)[C@@H](OP(=O)([O-])OC[C@H]2O[C@@H](n3ccc(=O)[nH]c3=O)[C@H](O)[C@@H]2O)[C@H]1OC. The van der Waals surface area contributed by atoms with Crippen molar-refractivity contribution in [2.45, 2.75) is 67.5 Å². The number of hydrogen-bond donors (Lipinski definition) is 10. The number of aromatic nitrogens is 10. The largest absolute Gasteiger partial charge is 0.756 e. The zero-order valence-corrected chi connectivity index (χ0v) is 42.6. The quantitative estimate of drug-likeness (QED) is 0.0232. The molecule has 3 saturated heterocycles. The van der Waals surface area contributed by atoms with Crippen molar-refractivity contribution in [1.82, 2.24) is 43.6 Å². The Morgan fingerprint density at radius 1 is 0.827 bits per heavy atom. The molecule has 8 heterocycles. The van der Waals surface area contributed by atoms with Gasteiger partial charge in [-0.3, -0.25) is 46.9 Å². The predicted octanol–water partition coefficient (Wildman–Crippen LogP) is -4.15. The van der Waals surface area contributed by atoms with Crippen LogP contribution in [0.4, 0.5) is 11.8 Å². The minimum Gasteiger partial charge on any atom is -0.756 e. The third-order valence-electron chi connectivity index (χ3n) is 11.7. The number of aromatic amines is 2. The molecule has 3 aliphatic heterocycles. The molecule has 0 saturated carbocycles. The maximum Gasteiger partial charge on any atom is 0.490 e. The van der Waals surface area contributed by atoms with Gasteiger partial charge in [-0.1, -0.05) is 4.98 Å². The monoisotopic (exact) mass is 1150 g/mol. The summed E-state index contributed by atoms with van der Waals surface area (Å²) in [5, 5.41) is 35.3. The fraction of sp³-hybridized carbons (Fsp3) is 0.588. The van der Waals surface area contributed by atoms with E-state index in [0.717, 1.165) is 30.3 Å². The summed E-state index contributed by atoms with van der Waals surface area (Å²) in [6.07, 6.45) is -13.4. The molecule has 16 atom stereocenters. The van der Waals surface area contributed by atoms with E-state index >= 15 is 0 Å². The summed E-state index contributed by atoms with van der Waals surface area (Å²) in [6.45, 7) is -3.55. The van der Waals surface area contributed by atoms with E-state index < -0.39 is 141 Å². The fourth-order valence-electron chi connectivity index (χ4n) is 8.43. The number of rotatable bonds is 22. The van der Waals surface area contributed by atoms with E-state index in [1.54, 1.807) is 0 Å². The van der Waals surface area contributed by atoms with Crippen molar-refractivity contribution in [2.24, 2.45) is 13.0 Å². The number of aryl methyl sites for hydroxylation is 1. The van der Waals surface area contributed by atoms with Crippen LogP contribution in [0.25, 0.3) is 22.3 Å². The number of nitrogens with zero attached hydrogens (tertiary/aromatic N) is 8. The molecule has 0 amide bonds. The first-order valence-electron chi connectivity index (χ1n) is 21.6. The van der Waals surface area contributed by atoms with E-state index in [1.165, 1.54) is 47.6 Å². The summed E-state index contributed by atoms with van der Waals surface area (Å²) < 4.78 is 114. The zero-order chi connectivity index (χ0) is 54.5. The minimum atomic E-state index is -6.18. The number of H-pyrrole nitrogens is 2. The number of aliphatic hydroxyl groups excluding tert-OH is 3. The smallest absolute Gasteiger partial charge is 0.490 e. The van der Waals surface area contributed by atoms with Crippen molar-refractivity contribution in [3.63, 3.8) is 0 Å². The average molecular weight is 1150 g/mol. The predicted molar refractivity (Wildman–Crippen MR) is 240 cm³/mol. The Kier molecular flexibility index (Phi) is 16.6. The Labute approximate surface area is 418 Å². The van der Waals surface area contributed by atoms with Crippen LogP contribution in [0.5, 0.6) is 0 Å². The molecule has 3 aliphatic rings. The lowest BCUT2D eigenvalue weighted by atomic mass is 9.99. The standard InChI is InChI=1S/C34H48N12O25P4/c1-36-26-19-27(38-11-37-26)45(12-39-19)32-25(62-4)24(69-72(53,54)63-9-16-22(49)23(50)31(67-16)44-6-5-18(47)40-34(44)52)17(68-32)10-65-74(57,58)71-75(59,60)70-73(55,56)64-8-15-14(7-61-3)21(48)30(66-15)46-13-43(2)20-28(46)41-33(35)42-29(20)51/h5-6,11-17,21-25,30-32,48-50H,7-10H2,1-4H3,(H8-,35,36,37,38,40,41,42,47,51,52,53,54,55,56,57,58,59,60)/t14-,15-,16-,17-,21-,22-,23-,24-,25-,30-,31-,32-/m1/s1. The van der Waals surface area contributed by atoms with Gasteiger partial charge in [-0.15, -0.1) is 0 Å². The van der Waals surface area contributed by atoms with Crippen LogP contribution >= 0.6 is 31.3 Å². The molecule has 8 rings (SSSR count). The number of aliphatic hydroxyl groups is 3. The number of nitrogens with one attached hydrogen (secondary N) is 3. The molecule has 75 heavy (non-hydrogen) atoms. The number of anilines is 2. The van der Waals surface area contributed by atoms with Crippen molar-refractivity contribution in [1.29, 1.82) is 0 Å². The molecule has 37 nitrogen and oxygen atoms in total. The topological polar surface area (TPSA) is 505 Å². The van der Waals surface area contributed by atoms with Crippen LogP contribution in [-0.4, -0.2) is 170 Å². The van der Waals surface area contributed by atoms with Gasteiger partial charge in [-0.25, -0.2) is 38.0 Å². The van der Waals surface area contributed by atoms with E-state index in [9.17, 15) is 67.5 Å². The summed E-state index contributed by atoms with van der Waals surface area (Å²) in [5.41, 5.74) is 3.54. The van der Waals surface area contributed by atoms with Crippen molar-refractivity contribution >= 4 is 65.4 Å². The number of phosphoric acid groups is 4. The zero-order valence-electron chi connectivity index (χ0n) is 39.0. The molecule has 5 aromatic rings. The molecule has 0 aliphatic carbocycles. The van der Waals surface area contributed by atoms with E-state index in [-0.39, 0.29) is 40.7 Å². The highest BCUT2D eigenvalue weighted by Crippen LogP contribution is 2.68. The van der Waals surface area contributed by atoms with E-state index in [2.05, 4.69) is 38.9 Å². The number of nitrogens with two attached hydrogens (primary N) is 1. The lowest BCUT2D eigenvalue weighted by molar-refractivity contribution is -0.745. The van der Waals surface area contributed by atoms with Gasteiger partial charge in [0.25, 0.3) is 24.9 Å². The van der Waals surface area contributed by atoms with Crippen LogP contribution in [0, 0.1) is 5.92 Å². The van der Waals surface area contributed by atoms with Gasteiger partial charge in [0.2, 0.25) is 11.7 Å². The third-order valence-corrected chi connectivity index (χ3v) is 16.9. The molecule has 11 N–H and O–H groups in total. The summed E-state index contributed by atoms with van der Waals surface area (Å²) >= 11 is 0. The normalized spacial score (nSPS) is 30.3. The van der Waals surface area contributed by atoms with Crippen LogP contribution in [-0.2, 0) is 75.7 Å². The summed E-state index contributed by atoms with van der Waals surface area (Å²) in [4.78, 5) is 102. The lowest BCUT2D eigenvalue weighted by Gasteiger charge is -2.31. The molecule has 0 bridgehead atoms. The first-order valence-corrected chi connectivity index (χ1v) is 27.5. The number of methoxy groups -OCH3 is 2. The second-order valence-electron chi connectivity index (χ2n) is 16.5. The maximum atomic E-state index is 13.5. The average Bonchev–Trinajstić information content (AvgIpc) is 4.12. The third kappa shape index (κ3) is 12.1. The Morgan fingerprint density at radius 2 is 1.49 bits per heavy atom. The van der Waals surface area contributed by atoms with Gasteiger partial charge < -0.3 is 78.7 Å². The van der Waals surface area contributed by atoms with E-state index in [1.807, 2.05) is 4.98 Å². The van der Waals surface area contributed by atoms with Crippen molar-refractivity contribution in [3.8, 4) is 0 Å². The summed E-state index contributed by atoms with van der Waals surface area (Å²) in [6, 6.07) is 0.920. The van der Waals surface area contributed by atoms with Crippen molar-refractivity contribution < 1.29 is 108 Å². The Hall–Kier alpha value is -4.62. The molecule has 0 aromatic carbocycles. The second-order valence-corrected chi connectivity index (χ2v) is 22.5. The minimum absolute atomic E-state index is 0.0218. The first kappa shape index (κ1) is 56.6. The van der Waals surface area contributed by atoms with Crippen molar-refractivity contribution in [2.75, 3.05) is 58.7 Å². The van der Waals surface area contributed by atoms with Crippen LogP contribution in [0.3, 0.4) is 0 Å². The highest BCUT2D eigenvalue weighted by Gasteiger charge is 2.53. The van der Waals surface area contributed by atoms with Crippen molar-refractivity contribution in [3.05, 3.63) is 62.4 Å². The van der Waals surface area contributed by atoms with Gasteiger partial charge in [0, 0.05) is 39.4 Å². The van der Waals surface area contributed by atoms with Crippen LogP contribution in [0.2, 0.25) is 0 Å². The first-order chi connectivity index (χ1) is 35.3. The van der Waals surface area contributed by atoms with Crippen LogP contribution < -0.4 is 37.3 Å². The number of fused-ring (bicyclic) bond motifs is 2. The molecular weight excluding hydrogens is 1100 g/mol. The van der Waals surface area contributed by atoms with E-state index in [4.69, 9.17) is 47.5 Å². The number of hydrogen-bond acceptors (Lipinski definition) is 28. The molecule has 3 fully saturated rings. The summed E-state index contributed by atoms with van der Waals surface area (Å²) in [7, 11) is -18.2. The highest BCUT2D eigenvalue weighted by atomic mass is 31.3. The number of imidazole rings is 2. The Balaban J connectivity index is 0.946. The maximum absolute atomic E-state index is 13.5. The molecule has 5 aromatic heterocycles.